The fourth-order valence-corrected chi connectivity index (χ4v) is 4.66. The van der Waals surface area contributed by atoms with Crippen LogP contribution in [0.5, 0.6) is 0 Å². The highest BCUT2D eigenvalue weighted by atomic mass is 19.3. The summed E-state index contributed by atoms with van der Waals surface area (Å²) in [6.45, 7) is 0.261. The molecule has 3 N–H and O–H groups in total. The fraction of sp³-hybridized carbons (Fsp3) is 0.400. The molecular weight excluding hydrogens is 462 g/mol. The highest BCUT2D eigenvalue weighted by Crippen LogP contribution is 2.44. The van der Waals surface area contributed by atoms with Gasteiger partial charge in [-0.05, 0) is 22.3 Å². The van der Waals surface area contributed by atoms with E-state index in [4.69, 9.17) is 14.6 Å². The lowest BCUT2D eigenvalue weighted by Crippen LogP contribution is -2.63. The van der Waals surface area contributed by atoms with Crippen LogP contribution in [0.2, 0.25) is 0 Å². The van der Waals surface area contributed by atoms with Crippen molar-refractivity contribution in [1.29, 1.82) is 0 Å². The first-order valence-corrected chi connectivity index (χ1v) is 11.3. The quantitative estimate of drug-likeness (QED) is 0.526. The molecule has 1 unspecified atom stereocenters. The normalized spacial score (nSPS) is 17.2. The molecule has 8 nitrogen and oxygen atoms in total. The van der Waals surface area contributed by atoms with E-state index in [1.54, 1.807) is 0 Å². The number of hydrogen-bond donors (Lipinski definition) is 3. The van der Waals surface area contributed by atoms with Gasteiger partial charge in [-0.25, -0.2) is 13.6 Å². The van der Waals surface area contributed by atoms with Gasteiger partial charge >= 0.3 is 12.1 Å². The Morgan fingerprint density at radius 3 is 2.14 bits per heavy atom. The van der Waals surface area contributed by atoms with E-state index in [-0.39, 0.29) is 38.6 Å². The zero-order chi connectivity index (χ0) is 25.0. The summed E-state index contributed by atoms with van der Waals surface area (Å²) in [5, 5.41) is 13.5. The number of carboxylic acid groups (broad SMARTS) is 1. The number of amides is 2. The summed E-state index contributed by atoms with van der Waals surface area (Å²) >= 11 is 0. The zero-order valence-electron chi connectivity index (χ0n) is 18.8. The highest BCUT2D eigenvalue weighted by Gasteiger charge is 2.44. The fourth-order valence-electron chi connectivity index (χ4n) is 4.66. The molecule has 4 rings (SSSR count). The maximum absolute atomic E-state index is 13.3. The van der Waals surface area contributed by atoms with Crippen molar-refractivity contribution in [3.05, 3.63) is 59.7 Å². The zero-order valence-corrected chi connectivity index (χ0v) is 18.8. The molecule has 2 aliphatic rings. The topological polar surface area (TPSA) is 114 Å². The van der Waals surface area contributed by atoms with E-state index in [2.05, 4.69) is 10.6 Å². The summed E-state index contributed by atoms with van der Waals surface area (Å²) in [5.74, 6) is -2.55. The molecule has 1 atom stereocenters. The molecule has 2 aromatic carbocycles. The van der Waals surface area contributed by atoms with Crippen LogP contribution in [0.1, 0.15) is 36.3 Å². The van der Waals surface area contributed by atoms with Gasteiger partial charge in [0.15, 0.2) is 0 Å². The molecule has 2 aromatic rings. The van der Waals surface area contributed by atoms with Gasteiger partial charge in [-0.3, -0.25) is 9.59 Å². The summed E-state index contributed by atoms with van der Waals surface area (Å²) < 4.78 is 37.4. The maximum atomic E-state index is 13.3. The minimum Gasteiger partial charge on any atom is -0.481 e. The summed E-state index contributed by atoms with van der Waals surface area (Å²) in [6.07, 6.45) is -4.82. The molecule has 1 aliphatic carbocycles. The van der Waals surface area contributed by atoms with Gasteiger partial charge < -0.3 is 25.2 Å². The number of rotatable bonds is 8. The second kappa shape index (κ2) is 10.4. The van der Waals surface area contributed by atoms with E-state index in [9.17, 15) is 23.2 Å². The number of alkyl halides is 2. The van der Waals surface area contributed by atoms with Crippen molar-refractivity contribution in [2.45, 2.75) is 43.2 Å². The SMILES string of the molecule is O=C(O)CC(NC(=O)C1(NC(=O)OCC2c3ccccc3-c3ccccc32)CCOCC1)C(F)F. The van der Waals surface area contributed by atoms with Crippen LogP contribution in [0, 0.1) is 0 Å². The minimum atomic E-state index is -3.08. The third-order valence-electron chi connectivity index (χ3n) is 6.48. The Morgan fingerprint density at radius 1 is 1.03 bits per heavy atom. The second-order valence-corrected chi connectivity index (χ2v) is 8.66. The van der Waals surface area contributed by atoms with Crippen LogP contribution >= 0.6 is 0 Å². The number of benzene rings is 2. The highest BCUT2D eigenvalue weighted by molar-refractivity contribution is 5.90. The van der Waals surface area contributed by atoms with Crippen LogP contribution in [0.3, 0.4) is 0 Å². The Balaban J connectivity index is 1.46. The Kier molecular flexibility index (Phi) is 7.30. The van der Waals surface area contributed by atoms with Gasteiger partial charge in [0, 0.05) is 32.0 Å². The van der Waals surface area contributed by atoms with Gasteiger partial charge in [0.25, 0.3) is 6.43 Å². The van der Waals surface area contributed by atoms with Crippen LogP contribution in [-0.4, -0.2) is 60.9 Å². The summed E-state index contributed by atoms with van der Waals surface area (Å²) in [4.78, 5) is 36.7. The van der Waals surface area contributed by atoms with Gasteiger partial charge in [-0.2, -0.15) is 0 Å². The third-order valence-corrected chi connectivity index (χ3v) is 6.48. The molecule has 0 bridgehead atoms. The lowest BCUT2D eigenvalue weighted by molar-refractivity contribution is -0.140. The molecule has 0 radical (unpaired) electrons. The first-order chi connectivity index (χ1) is 16.8. The molecule has 1 saturated heterocycles. The molecule has 0 aromatic heterocycles. The van der Waals surface area contributed by atoms with Gasteiger partial charge in [-0.15, -0.1) is 0 Å². The third kappa shape index (κ3) is 5.27. The van der Waals surface area contributed by atoms with Crippen molar-refractivity contribution in [1.82, 2.24) is 10.6 Å². The van der Waals surface area contributed by atoms with Crippen LogP contribution < -0.4 is 10.6 Å². The number of carbonyl (C=O) groups excluding carboxylic acids is 2. The van der Waals surface area contributed by atoms with Gasteiger partial charge in [0.2, 0.25) is 5.91 Å². The molecule has 1 aliphatic heterocycles. The molecule has 35 heavy (non-hydrogen) atoms. The lowest BCUT2D eigenvalue weighted by Gasteiger charge is -2.37. The number of alkyl carbamates (subject to hydrolysis) is 1. The minimum absolute atomic E-state index is 0.0206. The first kappa shape index (κ1) is 24.6. The smallest absolute Gasteiger partial charge is 0.408 e. The van der Waals surface area contributed by atoms with Crippen LogP contribution in [0.25, 0.3) is 11.1 Å². The number of carboxylic acids is 1. The second-order valence-electron chi connectivity index (χ2n) is 8.66. The summed E-state index contributed by atoms with van der Waals surface area (Å²) in [6, 6.07) is 13.8. The average Bonchev–Trinajstić information content (AvgIpc) is 3.16. The van der Waals surface area contributed by atoms with Crippen LogP contribution in [-0.2, 0) is 19.1 Å². The molecule has 1 heterocycles. The molecule has 2 amide bonds. The molecular formula is C25H26F2N2O6. The van der Waals surface area contributed by atoms with Crippen molar-refractivity contribution < 1.29 is 37.7 Å². The number of ether oxygens (including phenoxy) is 2. The lowest BCUT2D eigenvalue weighted by atomic mass is 9.88. The number of aliphatic carboxylic acids is 1. The summed E-state index contributed by atoms with van der Waals surface area (Å²) in [7, 11) is 0. The molecule has 0 saturated carbocycles. The standard InChI is InChI=1S/C25H26F2N2O6/c26-22(27)20(13-21(30)31)28-23(32)25(9-11-34-12-10-25)29-24(33)35-14-19-17-7-3-1-5-15(17)16-6-2-4-8-18(16)19/h1-8,19-20,22H,9-14H2,(H,28,32)(H,29,33)(H,30,31). The Bertz CT molecular complexity index is 1060. The van der Waals surface area contributed by atoms with E-state index in [1.165, 1.54) is 0 Å². The average molecular weight is 488 g/mol. The van der Waals surface area contributed by atoms with E-state index >= 15 is 0 Å². The molecule has 186 valence electrons. The molecule has 1 fully saturated rings. The maximum Gasteiger partial charge on any atom is 0.408 e. The number of nitrogens with one attached hydrogen (secondary N) is 2. The number of fused-ring (bicyclic) bond motifs is 3. The van der Waals surface area contributed by atoms with Crippen molar-refractivity contribution in [2.24, 2.45) is 0 Å². The molecule has 10 heteroatoms. The number of hydrogen-bond acceptors (Lipinski definition) is 5. The van der Waals surface area contributed by atoms with Crippen LogP contribution in [0.15, 0.2) is 48.5 Å². The first-order valence-electron chi connectivity index (χ1n) is 11.3. The number of halogens is 2. The van der Waals surface area contributed by atoms with E-state index in [1.807, 2.05) is 48.5 Å². The Morgan fingerprint density at radius 2 is 1.60 bits per heavy atom. The van der Waals surface area contributed by atoms with Crippen molar-refractivity contribution >= 4 is 18.0 Å². The number of carbonyl (C=O) groups is 3. The Hall–Kier alpha value is -3.53. The van der Waals surface area contributed by atoms with Crippen molar-refractivity contribution in [3.63, 3.8) is 0 Å². The summed E-state index contributed by atoms with van der Waals surface area (Å²) in [5.41, 5.74) is 2.62. The predicted octanol–water partition coefficient (Wildman–Crippen LogP) is 3.30. The van der Waals surface area contributed by atoms with Gasteiger partial charge in [0.1, 0.15) is 18.2 Å². The van der Waals surface area contributed by atoms with Crippen molar-refractivity contribution in [3.8, 4) is 11.1 Å². The monoisotopic (exact) mass is 488 g/mol. The van der Waals surface area contributed by atoms with E-state index in [0.29, 0.717) is 0 Å². The van der Waals surface area contributed by atoms with E-state index in [0.717, 1.165) is 22.3 Å². The van der Waals surface area contributed by atoms with Crippen molar-refractivity contribution in [2.75, 3.05) is 19.8 Å². The Labute approximate surface area is 200 Å². The van der Waals surface area contributed by atoms with Crippen LogP contribution in [0.4, 0.5) is 13.6 Å². The largest absolute Gasteiger partial charge is 0.481 e. The van der Waals surface area contributed by atoms with Gasteiger partial charge in [-0.1, -0.05) is 48.5 Å². The van der Waals surface area contributed by atoms with Gasteiger partial charge in [0.05, 0.1) is 6.42 Å². The van der Waals surface area contributed by atoms with E-state index < -0.39 is 42.4 Å². The molecule has 0 spiro atoms. The predicted molar refractivity (Wildman–Crippen MR) is 121 cm³/mol.